The van der Waals surface area contributed by atoms with Crippen LogP contribution >= 0.6 is 0 Å². The maximum atomic E-state index is 11.0. The molecule has 1 aliphatic rings. The molecule has 0 saturated heterocycles. The van der Waals surface area contributed by atoms with Gasteiger partial charge in [-0.3, -0.25) is 4.79 Å². The summed E-state index contributed by atoms with van der Waals surface area (Å²) < 4.78 is 1.99. The molecule has 0 bridgehead atoms. The van der Waals surface area contributed by atoms with E-state index >= 15 is 0 Å². The van der Waals surface area contributed by atoms with Crippen LogP contribution in [0.5, 0.6) is 0 Å². The van der Waals surface area contributed by atoms with E-state index in [0.29, 0.717) is 11.7 Å². The third-order valence-corrected chi connectivity index (χ3v) is 2.55. The second kappa shape index (κ2) is 2.44. The first-order chi connectivity index (χ1) is 5.70. The number of hydrogen-bond acceptors (Lipinski definition) is 2. The lowest BCUT2D eigenvalue weighted by Gasteiger charge is -1.98. The highest BCUT2D eigenvalue weighted by atomic mass is 16.1. The SMILES string of the molecule is CC(=O)C1CC1c1cncn1C. The summed E-state index contributed by atoms with van der Waals surface area (Å²) >= 11 is 0. The Hall–Kier alpha value is -1.12. The molecular weight excluding hydrogens is 152 g/mol. The molecule has 2 rings (SSSR count). The summed E-state index contributed by atoms with van der Waals surface area (Å²) in [6.45, 7) is 1.67. The standard InChI is InChI=1S/C9H12N2O/c1-6(12)7-3-8(7)9-4-10-5-11(9)2/h4-5,7-8H,3H2,1-2H3. The Balaban J connectivity index is 2.15. The van der Waals surface area contributed by atoms with Crippen molar-refractivity contribution >= 4 is 5.78 Å². The van der Waals surface area contributed by atoms with E-state index < -0.39 is 0 Å². The van der Waals surface area contributed by atoms with Crippen LogP contribution in [0, 0.1) is 5.92 Å². The minimum Gasteiger partial charge on any atom is -0.337 e. The zero-order valence-electron chi connectivity index (χ0n) is 7.32. The Kier molecular flexibility index (Phi) is 1.53. The molecule has 0 spiro atoms. The van der Waals surface area contributed by atoms with Crippen LogP contribution in [-0.4, -0.2) is 15.3 Å². The van der Waals surface area contributed by atoms with Gasteiger partial charge in [0.1, 0.15) is 5.78 Å². The third kappa shape index (κ3) is 1.05. The average molecular weight is 164 g/mol. The Morgan fingerprint density at radius 2 is 2.50 bits per heavy atom. The van der Waals surface area contributed by atoms with E-state index in [4.69, 9.17) is 0 Å². The van der Waals surface area contributed by atoms with E-state index in [9.17, 15) is 4.79 Å². The molecule has 0 radical (unpaired) electrons. The molecule has 1 saturated carbocycles. The predicted octanol–water partition coefficient (Wildman–Crippen LogP) is 1.11. The number of aryl methyl sites for hydroxylation is 1. The summed E-state index contributed by atoms with van der Waals surface area (Å²) in [4.78, 5) is 15.0. The molecule has 1 aromatic rings. The second-order valence-corrected chi connectivity index (χ2v) is 3.49. The first-order valence-corrected chi connectivity index (χ1v) is 4.17. The van der Waals surface area contributed by atoms with Crippen LogP contribution in [0.3, 0.4) is 0 Å². The van der Waals surface area contributed by atoms with Crippen LogP contribution in [-0.2, 0) is 11.8 Å². The number of nitrogens with zero attached hydrogens (tertiary/aromatic N) is 2. The Morgan fingerprint density at radius 3 is 2.92 bits per heavy atom. The topological polar surface area (TPSA) is 34.9 Å². The van der Waals surface area contributed by atoms with Crippen molar-refractivity contribution in [2.45, 2.75) is 19.3 Å². The summed E-state index contributed by atoms with van der Waals surface area (Å²) in [7, 11) is 1.97. The normalized spacial score (nSPS) is 27.2. The molecule has 0 aliphatic heterocycles. The van der Waals surface area contributed by atoms with Crippen molar-refractivity contribution in [2.24, 2.45) is 13.0 Å². The number of Topliss-reactive ketones (excluding diaryl/α,β-unsaturated/α-hetero) is 1. The quantitative estimate of drug-likeness (QED) is 0.656. The fourth-order valence-corrected chi connectivity index (χ4v) is 1.70. The molecule has 0 amide bonds. The summed E-state index contributed by atoms with van der Waals surface area (Å²) in [6.07, 6.45) is 4.65. The van der Waals surface area contributed by atoms with Crippen LogP contribution in [0.4, 0.5) is 0 Å². The van der Waals surface area contributed by atoms with Gasteiger partial charge < -0.3 is 4.57 Å². The van der Waals surface area contributed by atoms with Gasteiger partial charge in [0.2, 0.25) is 0 Å². The third-order valence-electron chi connectivity index (χ3n) is 2.55. The molecule has 3 nitrogen and oxygen atoms in total. The summed E-state index contributed by atoms with van der Waals surface area (Å²) in [5.41, 5.74) is 1.19. The van der Waals surface area contributed by atoms with Gasteiger partial charge in [0.25, 0.3) is 0 Å². The fourth-order valence-electron chi connectivity index (χ4n) is 1.70. The number of aromatic nitrogens is 2. The molecule has 1 heterocycles. The number of carbonyl (C=O) groups is 1. The van der Waals surface area contributed by atoms with Crippen LogP contribution in [0.1, 0.15) is 25.0 Å². The Morgan fingerprint density at radius 1 is 1.75 bits per heavy atom. The molecule has 1 fully saturated rings. The van der Waals surface area contributed by atoms with Crippen molar-refractivity contribution in [3.05, 3.63) is 18.2 Å². The van der Waals surface area contributed by atoms with Gasteiger partial charge in [-0.15, -0.1) is 0 Å². The molecule has 3 heteroatoms. The van der Waals surface area contributed by atoms with E-state index in [0.717, 1.165) is 6.42 Å². The number of hydrogen-bond donors (Lipinski definition) is 0. The first-order valence-electron chi connectivity index (χ1n) is 4.17. The molecule has 12 heavy (non-hydrogen) atoms. The molecule has 2 unspecified atom stereocenters. The summed E-state index contributed by atoms with van der Waals surface area (Å²) in [5.74, 6) is 1.01. The zero-order chi connectivity index (χ0) is 8.72. The average Bonchev–Trinajstić information content (AvgIpc) is 2.70. The van der Waals surface area contributed by atoms with E-state index in [1.54, 1.807) is 13.3 Å². The largest absolute Gasteiger partial charge is 0.337 e. The Labute approximate surface area is 71.4 Å². The first kappa shape index (κ1) is 7.53. The van der Waals surface area contributed by atoms with Crippen molar-refractivity contribution in [1.82, 2.24) is 9.55 Å². The lowest BCUT2D eigenvalue weighted by Crippen LogP contribution is -1.98. The summed E-state index contributed by atoms with van der Waals surface area (Å²) in [6, 6.07) is 0. The van der Waals surface area contributed by atoms with Crippen molar-refractivity contribution in [1.29, 1.82) is 0 Å². The maximum absolute atomic E-state index is 11.0. The second-order valence-electron chi connectivity index (χ2n) is 3.49. The van der Waals surface area contributed by atoms with E-state index in [2.05, 4.69) is 4.98 Å². The molecule has 1 aromatic heterocycles. The predicted molar refractivity (Wildman–Crippen MR) is 44.7 cm³/mol. The lowest BCUT2D eigenvalue weighted by molar-refractivity contribution is -0.118. The smallest absolute Gasteiger partial charge is 0.133 e. The van der Waals surface area contributed by atoms with Crippen LogP contribution in [0.25, 0.3) is 0 Å². The minimum atomic E-state index is 0.264. The number of rotatable bonds is 2. The molecule has 0 aromatic carbocycles. The Bertz CT molecular complexity index is 316. The zero-order valence-corrected chi connectivity index (χ0v) is 7.32. The van der Waals surface area contributed by atoms with Gasteiger partial charge in [0.05, 0.1) is 6.33 Å². The molecular formula is C9H12N2O. The van der Waals surface area contributed by atoms with Gasteiger partial charge in [-0.1, -0.05) is 0 Å². The highest BCUT2D eigenvalue weighted by Gasteiger charge is 2.43. The van der Waals surface area contributed by atoms with E-state index in [1.165, 1.54) is 5.69 Å². The molecule has 1 aliphatic carbocycles. The van der Waals surface area contributed by atoms with Gasteiger partial charge in [-0.05, 0) is 13.3 Å². The van der Waals surface area contributed by atoms with Gasteiger partial charge in [0, 0.05) is 30.8 Å². The van der Waals surface area contributed by atoms with Crippen molar-refractivity contribution in [3.63, 3.8) is 0 Å². The number of ketones is 1. The van der Waals surface area contributed by atoms with Crippen LogP contribution in [0.15, 0.2) is 12.5 Å². The molecule has 64 valence electrons. The van der Waals surface area contributed by atoms with Crippen molar-refractivity contribution < 1.29 is 4.79 Å². The maximum Gasteiger partial charge on any atom is 0.133 e. The summed E-state index contributed by atoms with van der Waals surface area (Å²) in [5, 5.41) is 0. The van der Waals surface area contributed by atoms with Gasteiger partial charge in [-0.2, -0.15) is 0 Å². The van der Waals surface area contributed by atoms with Crippen LogP contribution in [0.2, 0.25) is 0 Å². The monoisotopic (exact) mass is 164 g/mol. The van der Waals surface area contributed by atoms with Gasteiger partial charge in [-0.25, -0.2) is 4.98 Å². The van der Waals surface area contributed by atoms with E-state index in [1.807, 2.05) is 17.8 Å². The van der Waals surface area contributed by atoms with Crippen molar-refractivity contribution in [3.8, 4) is 0 Å². The lowest BCUT2D eigenvalue weighted by atomic mass is 10.2. The highest BCUT2D eigenvalue weighted by Crippen LogP contribution is 2.47. The van der Waals surface area contributed by atoms with Crippen molar-refractivity contribution in [2.75, 3.05) is 0 Å². The minimum absolute atomic E-state index is 0.264. The number of imidazole rings is 1. The molecule has 2 atom stereocenters. The van der Waals surface area contributed by atoms with Gasteiger partial charge >= 0.3 is 0 Å². The van der Waals surface area contributed by atoms with Gasteiger partial charge in [0.15, 0.2) is 0 Å². The highest BCUT2D eigenvalue weighted by molar-refractivity contribution is 5.82. The fraction of sp³-hybridized carbons (Fsp3) is 0.556. The van der Waals surface area contributed by atoms with Crippen LogP contribution < -0.4 is 0 Å². The molecule has 0 N–H and O–H groups in total. The number of carbonyl (C=O) groups excluding carboxylic acids is 1. The van der Waals surface area contributed by atoms with E-state index in [-0.39, 0.29) is 5.92 Å².